The molecule has 0 saturated carbocycles. The number of benzene rings is 1. The van der Waals surface area contributed by atoms with Gasteiger partial charge in [0.2, 0.25) is 5.91 Å². The first-order chi connectivity index (χ1) is 27.3. The van der Waals surface area contributed by atoms with Crippen molar-refractivity contribution < 1.29 is 33.9 Å². The first kappa shape index (κ1) is 40.6. The molecule has 5 N–H and O–H groups in total. The zero-order valence-corrected chi connectivity index (χ0v) is 33.5. The molecule has 3 aliphatic heterocycles. The average molecular weight is 775 g/mol. The number of amides is 2. The van der Waals surface area contributed by atoms with E-state index in [2.05, 4.69) is 35.7 Å². The van der Waals surface area contributed by atoms with Gasteiger partial charge >= 0.3 is 11.9 Å². The molecular weight excluding hydrogens is 725 g/mol. The lowest BCUT2D eigenvalue weighted by atomic mass is 9.80. The Bertz CT molecular complexity index is 2280. The van der Waals surface area contributed by atoms with Crippen LogP contribution in [0.15, 0.2) is 63.9 Å². The zero-order valence-electron chi connectivity index (χ0n) is 33.5. The summed E-state index contributed by atoms with van der Waals surface area (Å²) in [4.78, 5) is 70.1. The van der Waals surface area contributed by atoms with E-state index < -0.39 is 23.8 Å². The molecular formula is C44H50N6O7. The number of fused-ring (bicyclic) bond motifs is 6. The Hall–Kier alpha value is -6.08. The van der Waals surface area contributed by atoms with E-state index in [1.807, 2.05) is 32.9 Å². The van der Waals surface area contributed by atoms with Gasteiger partial charge in [-0.05, 0) is 91.3 Å². The van der Waals surface area contributed by atoms with Crippen molar-refractivity contribution in [2.75, 3.05) is 14.2 Å². The van der Waals surface area contributed by atoms with Gasteiger partial charge in [0.05, 0.1) is 31.5 Å². The molecule has 0 fully saturated rings. The summed E-state index contributed by atoms with van der Waals surface area (Å²) in [5.74, 6) is -3.78. The number of carbonyl (C=O) groups is 4. The summed E-state index contributed by atoms with van der Waals surface area (Å²) in [5, 5.41) is 11.7. The minimum atomic E-state index is -1.10. The van der Waals surface area contributed by atoms with E-state index in [1.165, 1.54) is 31.6 Å². The van der Waals surface area contributed by atoms with Crippen molar-refractivity contribution in [1.29, 1.82) is 0 Å². The Balaban J connectivity index is 1.42. The first-order valence-corrected chi connectivity index (χ1v) is 19.1. The minimum absolute atomic E-state index is 0.0845. The van der Waals surface area contributed by atoms with E-state index in [9.17, 15) is 19.2 Å². The third kappa shape index (κ3) is 7.84. The lowest BCUT2D eigenvalue weighted by molar-refractivity contribution is -0.140. The first-order valence-electron chi connectivity index (χ1n) is 19.1. The van der Waals surface area contributed by atoms with Crippen LogP contribution in [0.2, 0.25) is 0 Å². The maximum absolute atomic E-state index is 14.1. The van der Waals surface area contributed by atoms with Crippen LogP contribution < -0.4 is 10.8 Å². The molecule has 0 radical (unpaired) electrons. The van der Waals surface area contributed by atoms with Crippen molar-refractivity contribution in [2.45, 2.75) is 78.7 Å². The van der Waals surface area contributed by atoms with Gasteiger partial charge in [0.1, 0.15) is 5.92 Å². The highest BCUT2D eigenvalue weighted by atomic mass is 16.5. The van der Waals surface area contributed by atoms with Crippen LogP contribution in [0, 0.1) is 25.7 Å². The quantitative estimate of drug-likeness (QED) is 0.0858. The molecule has 5 heterocycles. The fourth-order valence-corrected chi connectivity index (χ4v) is 8.38. The van der Waals surface area contributed by atoms with Crippen molar-refractivity contribution >= 4 is 53.4 Å². The second-order valence-corrected chi connectivity index (χ2v) is 14.7. The Morgan fingerprint density at radius 1 is 1.04 bits per heavy atom. The predicted molar refractivity (Wildman–Crippen MR) is 219 cm³/mol. The molecule has 0 aliphatic carbocycles. The molecule has 57 heavy (non-hydrogen) atoms. The summed E-state index contributed by atoms with van der Waals surface area (Å²) in [6.45, 7) is 14.3. The number of hydrogen-bond donors (Lipinski definition) is 5. The molecule has 1 aromatic carbocycles. The number of hydroxylamine groups is 1. The van der Waals surface area contributed by atoms with Crippen LogP contribution in [0.25, 0.3) is 18.2 Å². The number of aromatic amines is 2. The fourth-order valence-electron chi connectivity index (χ4n) is 8.38. The molecule has 2 unspecified atom stereocenters. The van der Waals surface area contributed by atoms with Crippen LogP contribution in [0.1, 0.15) is 112 Å². The summed E-state index contributed by atoms with van der Waals surface area (Å²) < 4.78 is 10.7. The third-order valence-electron chi connectivity index (χ3n) is 11.6. The van der Waals surface area contributed by atoms with E-state index in [0.29, 0.717) is 36.2 Å². The van der Waals surface area contributed by atoms with Crippen LogP contribution in [-0.2, 0) is 31.9 Å². The molecule has 3 aliphatic rings. The van der Waals surface area contributed by atoms with Gasteiger partial charge in [0.25, 0.3) is 5.91 Å². The molecule has 298 valence electrons. The number of methoxy groups -OCH3 is 2. The van der Waals surface area contributed by atoms with E-state index in [-0.39, 0.29) is 41.3 Å². The number of H-pyrrole nitrogens is 2. The molecule has 0 saturated heterocycles. The number of esters is 2. The lowest BCUT2D eigenvalue weighted by Gasteiger charge is -2.23. The Kier molecular flexibility index (Phi) is 12.1. The normalized spacial score (nSPS) is 20.2. The molecule has 13 nitrogen and oxygen atoms in total. The number of hydrogen-bond acceptors (Lipinski definition) is 9. The summed E-state index contributed by atoms with van der Waals surface area (Å²) in [7, 11) is 2.62. The minimum Gasteiger partial charge on any atom is -0.468 e. The van der Waals surface area contributed by atoms with Crippen LogP contribution in [0.5, 0.6) is 0 Å². The summed E-state index contributed by atoms with van der Waals surface area (Å²) >= 11 is 0. The van der Waals surface area contributed by atoms with Crippen LogP contribution >= 0.6 is 0 Å². The smallest absolute Gasteiger partial charge is 0.340 e. The van der Waals surface area contributed by atoms with Gasteiger partial charge in [0, 0.05) is 77.1 Å². The van der Waals surface area contributed by atoms with E-state index >= 15 is 0 Å². The average Bonchev–Trinajstić information content (AvgIpc) is 3.89. The fraction of sp³-hybridized carbons (Fsp3) is 0.364. The largest absolute Gasteiger partial charge is 0.468 e. The Labute approximate surface area is 332 Å². The maximum Gasteiger partial charge on any atom is 0.340 e. The van der Waals surface area contributed by atoms with E-state index in [4.69, 9.17) is 24.7 Å². The monoisotopic (exact) mass is 774 g/mol. The molecule has 6 rings (SSSR count). The maximum atomic E-state index is 14.1. The van der Waals surface area contributed by atoms with E-state index in [0.717, 1.165) is 51.6 Å². The van der Waals surface area contributed by atoms with Gasteiger partial charge in [-0.3, -0.25) is 29.6 Å². The summed E-state index contributed by atoms with van der Waals surface area (Å²) in [6.07, 6.45) is 9.39. The summed E-state index contributed by atoms with van der Waals surface area (Å²) in [5.41, 5.74) is 13.0. The van der Waals surface area contributed by atoms with Crippen molar-refractivity contribution in [3.05, 3.63) is 110 Å². The highest BCUT2D eigenvalue weighted by Gasteiger charge is 2.44. The van der Waals surface area contributed by atoms with Gasteiger partial charge < -0.3 is 24.8 Å². The lowest BCUT2D eigenvalue weighted by Crippen LogP contribution is -2.31. The van der Waals surface area contributed by atoms with Gasteiger partial charge in [0.15, 0.2) is 0 Å². The molecule has 13 heteroatoms. The second kappa shape index (κ2) is 17.0. The number of allylic oxidation sites excluding steroid dienone is 2. The molecule has 4 atom stereocenters. The van der Waals surface area contributed by atoms with Gasteiger partial charge in [-0.1, -0.05) is 38.6 Å². The highest BCUT2D eigenvalue weighted by molar-refractivity contribution is 6.12. The molecule has 8 bridgehead atoms. The number of rotatable bonds is 10. The Morgan fingerprint density at radius 3 is 2.42 bits per heavy atom. The SMILES string of the molecule is C=Cc1c2[nH]c(c1C)C=C1N=C(C(C(=O)OC)c3[nH]c(c(C)c3C(=O)OC)CC3=NC(C2)C(C)=C3CC)[C@@H](CCC(=O)N/C=C/c2ccc(C(=O)NO)cc2)[C@@H]1C. The predicted octanol–water partition coefficient (Wildman–Crippen LogP) is 6.73. The number of nitrogens with zero attached hydrogens (tertiary/aromatic N) is 2. The van der Waals surface area contributed by atoms with Crippen LogP contribution in [0.4, 0.5) is 0 Å². The van der Waals surface area contributed by atoms with Gasteiger partial charge in [-0.2, -0.15) is 0 Å². The van der Waals surface area contributed by atoms with Crippen molar-refractivity contribution in [3.63, 3.8) is 0 Å². The second-order valence-electron chi connectivity index (χ2n) is 14.7. The number of aliphatic imine (C=N–C) groups is 2. The zero-order chi connectivity index (χ0) is 41.1. The van der Waals surface area contributed by atoms with Gasteiger partial charge in [-0.15, -0.1) is 0 Å². The molecule has 3 aromatic rings. The topological polar surface area (TPSA) is 187 Å². The number of aromatic nitrogens is 2. The number of carbonyl (C=O) groups excluding carboxylic acids is 4. The standard InChI is InChI=1S/C44H50N6O7/c1-9-28-22(3)31-19-33-24(5)30(15-16-37(51)45-18-17-26-11-13-27(14-12-26)42(52)50-55)40(48-33)39(44(54)57-8)41-38(43(53)56-7)25(6)34(49-41)21-36-29(10-2)23(4)32(47-36)20-35(28)46-31/h9,11-14,17-19,24,30,32,39,46,49,55H,1,10,15-16,20-21H2,2-8H3,(H,45,51)(H,50,52)/b18-17+,33-19?/t24-,30-,32?,39?/m0/s1. The molecule has 0 spiro atoms. The van der Waals surface area contributed by atoms with Crippen molar-refractivity contribution in [3.8, 4) is 0 Å². The number of nitrogens with one attached hydrogen (secondary N) is 4. The van der Waals surface area contributed by atoms with Crippen LogP contribution in [-0.4, -0.2) is 70.6 Å². The summed E-state index contributed by atoms with van der Waals surface area (Å²) in [6, 6.07) is 6.39. The van der Waals surface area contributed by atoms with Crippen molar-refractivity contribution in [1.82, 2.24) is 20.8 Å². The third-order valence-corrected chi connectivity index (χ3v) is 11.6. The molecule has 2 aromatic heterocycles. The van der Waals surface area contributed by atoms with Gasteiger partial charge in [-0.25, -0.2) is 10.3 Å². The number of ether oxygens (including phenoxy) is 2. The van der Waals surface area contributed by atoms with E-state index in [1.54, 1.807) is 35.8 Å². The molecule has 2 amide bonds. The highest BCUT2D eigenvalue weighted by Crippen LogP contribution is 2.43. The van der Waals surface area contributed by atoms with Crippen molar-refractivity contribution in [2.24, 2.45) is 21.8 Å². The Morgan fingerprint density at radius 2 is 1.77 bits per heavy atom. The van der Waals surface area contributed by atoms with Crippen LogP contribution in [0.3, 0.4) is 0 Å².